The Kier molecular flexibility index (Phi) is 5.20. The van der Waals surface area contributed by atoms with Gasteiger partial charge in [-0.3, -0.25) is 0 Å². The van der Waals surface area contributed by atoms with E-state index in [0.29, 0.717) is 44.5 Å². The Morgan fingerprint density at radius 3 is 2.31 bits per heavy atom. The van der Waals surface area contributed by atoms with Crippen molar-refractivity contribution in [3.63, 3.8) is 0 Å². The van der Waals surface area contributed by atoms with Gasteiger partial charge in [-0.1, -0.05) is 6.07 Å². The zero-order valence-corrected chi connectivity index (χ0v) is 14.8. The quantitative estimate of drug-likeness (QED) is 0.828. The van der Waals surface area contributed by atoms with Crippen molar-refractivity contribution in [3.8, 4) is 5.88 Å². The van der Waals surface area contributed by atoms with Crippen molar-refractivity contribution in [2.75, 3.05) is 42.6 Å². The zero-order valence-electron chi connectivity index (χ0n) is 14.8. The lowest BCUT2D eigenvalue weighted by Gasteiger charge is -2.36. The summed E-state index contributed by atoms with van der Waals surface area (Å²) in [5.74, 6) is 2.01. The van der Waals surface area contributed by atoms with Gasteiger partial charge in [0.05, 0.1) is 12.2 Å². The molecular weight excluding hydrogens is 345 g/mol. The molecule has 5 nitrogen and oxygen atoms in total. The molecule has 1 saturated heterocycles. The second-order valence-corrected chi connectivity index (χ2v) is 6.10. The normalized spacial score (nSPS) is 15.3. The molecule has 2 aromatic rings. The number of piperazine rings is 1. The summed E-state index contributed by atoms with van der Waals surface area (Å²) in [4.78, 5) is 12.6. The van der Waals surface area contributed by atoms with Crippen LogP contribution in [0.3, 0.4) is 0 Å². The highest BCUT2D eigenvalue weighted by molar-refractivity contribution is 5.48. The maximum Gasteiger partial charge on any atom is 0.418 e. The number of pyridine rings is 2. The molecule has 2 aromatic heterocycles. The van der Waals surface area contributed by atoms with Crippen LogP contribution in [-0.2, 0) is 6.18 Å². The van der Waals surface area contributed by atoms with Crippen LogP contribution in [0.15, 0.2) is 30.5 Å². The first-order valence-corrected chi connectivity index (χ1v) is 8.52. The summed E-state index contributed by atoms with van der Waals surface area (Å²) in [6, 6.07) is 7.16. The zero-order chi connectivity index (χ0) is 18.7. The molecule has 3 heterocycles. The monoisotopic (exact) mass is 366 g/mol. The molecule has 0 spiro atoms. The van der Waals surface area contributed by atoms with Crippen LogP contribution < -0.4 is 14.5 Å². The van der Waals surface area contributed by atoms with E-state index in [-0.39, 0.29) is 5.56 Å². The van der Waals surface area contributed by atoms with Crippen molar-refractivity contribution in [1.29, 1.82) is 0 Å². The Hall–Kier alpha value is -2.51. The number of hydrogen-bond donors (Lipinski definition) is 0. The van der Waals surface area contributed by atoms with Crippen LogP contribution in [0.4, 0.5) is 24.8 Å². The van der Waals surface area contributed by atoms with Crippen LogP contribution in [0.2, 0.25) is 0 Å². The largest absolute Gasteiger partial charge is 0.478 e. The molecule has 1 fully saturated rings. The lowest BCUT2D eigenvalue weighted by Crippen LogP contribution is -2.47. The van der Waals surface area contributed by atoms with Gasteiger partial charge >= 0.3 is 6.18 Å². The van der Waals surface area contributed by atoms with Crippen LogP contribution in [-0.4, -0.2) is 42.8 Å². The van der Waals surface area contributed by atoms with Crippen LogP contribution in [0.5, 0.6) is 5.88 Å². The standard InChI is InChI=1S/C18H21F3N4O/c1-3-26-17-6-4-5-15(23-17)24-7-9-25(10-8-24)16-11-13(2)14(12-22-16)18(19,20)21/h4-6,11-12H,3,7-10H2,1-2H3. The first kappa shape index (κ1) is 18.3. The highest BCUT2D eigenvalue weighted by Gasteiger charge is 2.33. The van der Waals surface area contributed by atoms with Gasteiger partial charge in [-0.2, -0.15) is 18.2 Å². The first-order valence-electron chi connectivity index (χ1n) is 8.52. The first-order chi connectivity index (χ1) is 12.4. The fourth-order valence-electron chi connectivity index (χ4n) is 2.98. The van der Waals surface area contributed by atoms with Gasteiger partial charge in [0.2, 0.25) is 5.88 Å². The molecule has 0 saturated carbocycles. The molecule has 3 rings (SSSR count). The van der Waals surface area contributed by atoms with Gasteiger partial charge in [-0.05, 0) is 31.5 Å². The molecule has 1 aliphatic rings. The Morgan fingerprint density at radius 1 is 1.08 bits per heavy atom. The summed E-state index contributed by atoms with van der Waals surface area (Å²) in [5, 5.41) is 0. The van der Waals surface area contributed by atoms with Gasteiger partial charge in [0.25, 0.3) is 0 Å². The molecule has 0 unspecified atom stereocenters. The molecule has 0 N–H and O–H groups in total. The van der Waals surface area contributed by atoms with Crippen LogP contribution in [0.1, 0.15) is 18.1 Å². The van der Waals surface area contributed by atoms with E-state index in [0.717, 1.165) is 12.0 Å². The summed E-state index contributed by atoms with van der Waals surface area (Å²) in [6.45, 7) is 6.69. The minimum Gasteiger partial charge on any atom is -0.478 e. The molecule has 0 aromatic carbocycles. The fraction of sp³-hybridized carbons (Fsp3) is 0.444. The molecular formula is C18H21F3N4O. The Balaban J connectivity index is 1.67. The predicted molar refractivity (Wildman–Crippen MR) is 93.8 cm³/mol. The third-order valence-corrected chi connectivity index (χ3v) is 4.33. The van der Waals surface area contributed by atoms with E-state index >= 15 is 0 Å². The molecule has 0 atom stereocenters. The van der Waals surface area contributed by atoms with Crippen molar-refractivity contribution in [2.24, 2.45) is 0 Å². The number of hydrogen-bond acceptors (Lipinski definition) is 5. The molecule has 140 valence electrons. The van der Waals surface area contributed by atoms with Crippen molar-refractivity contribution < 1.29 is 17.9 Å². The van der Waals surface area contributed by atoms with Crippen LogP contribution >= 0.6 is 0 Å². The molecule has 1 aliphatic heterocycles. The maximum absolute atomic E-state index is 12.9. The number of halogens is 3. The number of anilines is 2. The van der Waals surface area contributed by atoms with Gasteiger partial charge in [0.1, 0.15) is 11.6 Å². The Labute approximate surface area is 150 Å². The number of aryl methyl sites for hydroxylation is 1. The lowest BCUT2D eigenvalue weighted by atomic mass is 10.1. The van der Waals surface area contributed by atoms with E-state index in [1.54, 1.807) is 0 Å². The number of nitrogens with zero attached hydrogens (tertiary/aromatic N) is 4. The van der Waals surface area contributed by atoms with Gasteiger partial charge < -0.3 is 14.5 Å². The fourth-order valence-corrected chi connectivity index (χ4v) is 2.98. The van der Waals surface area contributed by atoms with Crippen molar-refractivity contribution in [1.82, 2.24) is 9.97 Å². The number of aromatic nitrogens is 2. The molecule has 8 heteroatoms. The molecule has 0 aliphatic carbocycles. The Morgan fingerprint density at radius 2 is 1.73 bits per heavy atom. The summed E-state index contributed by atoms with van der Waals surface area (Å²) < 4.78 is 44.0. The smallest absolute Gasteiger partial charge is 0.418 e. The summed E-state index contributed by atoms with van der Waals surface area (Å²) in [6.07, 6.45) is -3.45. The number of ether oxygens (including phenoxy) is 1. The van der Waals surface area contributed by atoms with Crippen molar-refractivity contribution in [3.05, 3.63) is 41.6 Å². The second kappa shape index (κ2) is 7.39. The van der Waals surface area contributed by atoms with Crippen molar-refractivity contribution in [2.45, 2.75) is 20.0 Å². The van der Waals surface area contributed by atoms with Gasteiger partial charge in [0, 0.05) is 38.4 Å². The highest BCUT2D eigenvalue weighted by Crippen LogP contribution is 2.32. The topological polar surface area (TPSA) is 41.5 Å². The third-order valence-electron chi connectivity index (χ3n) is 4.33. The van der Waals surface area contributed by atoms with Crippen LogP contribution in [0.25, 0.3) is 0 Å². The predicted octanol–water partition coefficient (Wildman–Crippen LogP) is 3.53. The highest BCUT2D eigenvalue weighted by atomic mass is 19.4. The number of rotatable bonds is 4. The van der Waals surface area contributed by atoms with E-state index in [1.165, 1.54) is 13.0 Å². The molecule has 0 amide bonds. The molecule has 26 heavy (non-hydrogen) atoms. The molecule has 0 radical (unpaired) electrons. The number of alkyl halides is 3. The van der Waals surface area contributed by atoms with E-state index in [9.17, 15) is 13.2 Å². The summed E-state index contributed by atoms with van der Waals surface area (Å²) in [5.41, 5.74) is -0.493. The minimum atomic E-state index is -4.37. The van der Waals surface area contributed by atoms with E-state index in [1.807, 2.05) is 30.0 Å². The lowest BCUT2D eigenvalue weighted by molar-refractivity contribution is -0.138. The van der Waals surface area contributed by atoms with Gasteiger partial charge in [-0.25, -0.2) is 4.98 Å². The third kappa shape index (κ3) is 4.00. The van der Waals surface area contributed by atoms with E-state index in [4.69, 9.17) is 4.74 Å². The second-order valence-electron chi connectivity index (χ2n) is 6.10. The van der Waals surface area contributed by atoms with Gasteiger partial charge in [-0.15, -0.1) is 0 Å². The maximum atomic E-state index is 12.9. The van der Waals surface area contributed by atoms with Gasteiger partial charge in [0.15, 0.2) is 0 Å². The SMILES string of the molecule is CCOc1cccc(N2CCN(c3cc(C)c(C(F)(F)F)cn3)CC2)n1. The van der Waals surface area contributed by atoms with E-state index < -0.39 is 11.7 Å². The van der Waals surface area contributed by atoms with Crippen molar-refractivity contribution >= 4 is 11.6 Å². The van der Waals surface area contributed by atoms with E-state index in [2.05, 4.69) is 14.9 Å². The average molecular weight is 366 g/mol. The minimum absolute atomic E-state index is 0.191. The Bertz CT molecular complexity index is 758. The summed E-state index contributed by atoms with van der Waals surface area (Å²) >= 11 is 0. The van der Waals surface area contributed by atoms with Crippen LogP contribution in [0, 0.1) is 6.92 Å². The summed E-state index contributed by atoms with van der Waals surface area (Å²) in [7, 11) is 0. The average Bonchev–Trinajstić information content (AvgIpc) is 2.61. The molecule has 0 bridgehead atoms.